The minimum Gasteiger partial charge on any atom is -0.350 e. The number of carbonyl (C=O) groups is 2. The van der Waals surface area contributed by atoms with Crippen LogP contribution in [0.4, 0.5) is 5.69 Å². The first-order valence-electron chi connectivity index (χ1n) is 6.99. The Bertz CT molecular complexity index is 498. The van der Waals surface area contributed by atoms with Gasteiger partial charge in [-0.15, -0.1) is 12.4 Å². The second kappa shape index (κ2) is 7.43. The van der Waals surface area contributed by atoms with E-state index >= 15 is 0 Å². The molecule has 1 aromatic carbocycles. The number of halogens is 1. The Balaban J connectivity index is 0.00000220. The highest BCUT2D eigenvalue weighted by atomic mass is 35.5. The Hall–Kier alpha value is -1.59. The van der Waals surface area contributed by atoms with E-state index in [2.05, 4.69) is 10.6 Å². The Morgan fingerprint density at radius 1 is 1.24 bits per heavy atom. The van der Waals surface area contributed by atoms with Crippen molar-refractivity contribution in [3.8, 4) is 0 Å². The van der Waals surface area contributed by atoms with Crippen LogP contribution in [0.5, 0.6) is 0 Å². The van der Waals surface area contributed by atoms with E-state index in [0.29, 0.717) is 13.0 Å². The highest BCUT2D eigenvalue weighted by Crippen LogP contribution is 2.32. The quantitative estimate of drug-likeness (QED) is 0.751. The maximum absolute atomic E-state index is 11.7. The molecule has 0 aromatic heterocycles. The van der Waals surface area contributed by atoms with Crippen LogP contribution >= 0.6 is 12.4 Å². The van der Waals surface area contributed by atoms with E-state index in [1.54, 1.807) is 0 Å². The van der Waals surface area contributed by atoms with Crippen molar-refractivity contribution in [2.24, 2.45) is 5.73 Å². The molecule has 1 aliphatic carbocycles. The fourth-order valence-corrected chi connectivity index (χ4v) is 1.88. The lowest BCUT2D eigenvalue weighted by molar-refractivity contribution is -0.123. The van der Waals surface area contributed by atoms with Crippen LogP contribution < -0.4 is 16.4 Å². The van der Waals surface area contributed by atoms with E-state index in [-0.39, 0.29) is 24.2 Å². The number of hydrogen-bond donors (Lipinski definition) is 3. The van der Waals surface area contributed by atoms with E-state index in [1.165, 1.54) is 0 Å². The minimum absolute atomic E-state index is 0. The van der Waals surface area contributed by atoms with Crippen LogP contribution in [0.15, 0.2) is 24.3 Å². The maximum Gasteiger partial charge on any atom is 0.240 e. The van der Waals surface area contributed by atoms with E-state index in [9.17, 15) is 9.59 Å². The first kappa shape index (κ1) is 17.5. The standard InChI is InChI=1S/C15H21N3O2.ClH/c1-2-3-13(19)18-12-6-4-11(5-7-12)10-17-14(20)15(16)8-9-15;/h4-7H,2-3,8-10,16H2,1H3,(H,17,20)(H,18,19);1H. The van der Waals surface area contributed by atoms with Gasteiger partial charge in [-0.2, -0.15) is 0 Å². The van der Waals surface area contributed by atoms with Gasteiger partial charge in [-0.05, 0) is 37.0 Å². The number of anilines is 1. The van der Waals surface area contributed by atoms with Gasteiger partial charge in [-0.1, -0.05) is 19.1 Å². The van der Waals surface area contributed by atoms with Gasteiger partial charge < -0.3 is 16.4 Å². The van der Waals surface area contributed by atoms with Gasteiger partial charge in [-0.25, -0.2) is 0 Å². The monoisotopic (exact) mass is 311 g/mol. The maximum atomic E-state index is 11.7. The molecule has 1 saturated carbocycles. The number of rotatable bonds is 6. The van der Waals surface area contributed by atoms with Crippen LogP contribution in [0.3, 0.4) is 0 Å². The molecule has 0 spiro atoms. The summed E-state index contributed by atoms with van der Waals surface area (Å²) in [7, 11) is 0. The van der Waals surface area contributed by atoms with Gasteiger partial charge in [-0.3, -0.25) is 9.59 Å². The average molecular weight is 312 g/mol. The van der Waals surface area contributed by atoms with Crippen molar-refractivity contribution >= 4 is 29.9 Å². The summed E-state index contributed by atoms with van der Waals surface area (Å²) in [5, 5.41) is 5.65. The molecule has 116 valence electrons. The van der Waals surface area contributed by atoms with Crippen molar-refractivity contribution in [2.75, 3.05) is 5.32 Å². The number of nitrogens with one attached hydrogen (secondary N) is 2. The molecule has 2 rings (SSSR count). The van der Waals surface area contributed by atoms with Gasteiger partial charge in [0, 0.05) is 18.7 Å². The third kappa shape index (κ3) is 5.02. The van der Waals surface area contributed by atoms with E-state index in [1.807, 2.05) is 31.2 Å². The molecular weight excluding hydrogens is 290 g/mol. The van der Waals surface area contributed by atoms with Crippen LogP contribution in [-0.2, 0) is 16.1 Å². The third-order valence-electron chi connectivity index (χ3n) is 3.41. The summed E-state index contributed by atoms with van der Waals surface area (Å²) >= 11 is 0. The molecule has 0 heterocycles. The number of benzene rings is 1. The van der Waals surface area contributed by atoms with Gasteiger partial charge in [0.05, 0.1) is 5.54 Å². The lowest BCUT2D eigenvalue weighted by atomic mass is 10.2. The number of carbonyl (C=O) groups excluding carboxylic acids is 2. The predicted molar refractivity (Wildman–Crippen MR) is 85.2 cm³/mol. The first-order chi connectivity index (χ1) is 9.53. The fourth-order valence-electron chi connectivity index (χ4n) is 1.88. The molecule has 1 aliphatic rings. The molecule has 1 aromatic rings. The Morgan fingerprint density at radius 3 is 2.38 bits per heavy atom. The normalized spacial score (nSPS) is 14.8. The topological polar surface area (TPSA) is 84.2 Å². The molecule has 0 unspecified atom stereocenters. The van der Waals surface area contributed by atoms with Gasteiger partial charge in [0.2, 0.25) is 11.8 Å². The van der Waals surface area contributed by atoms with E-state index < -0.39 is 5.54 Å². The molecule has 5 nitrogen and oxygen atoms in total. The van der Waals surface area contributed by atoms with Crippen molar-refractivity contribution in [3.05, 3.63) is 29.8 Å². The predicted octanol–water partition coefficient (Wildman–Crippen LogP) is 1.95. The lowest BCUT2D eigenvalue weighted by Gasteiger charge is -2.10. The molecular formula is C15H22ClN3O2. The van der Waals surface area contributed by atoms with Gasteiger partial charge in [0.25, 0.3) is 0 Å². The summed E-state index contributed by atoms with van der Waals surface area (Å²) in [6.45, 7) is 2.43. The molecule has 0 aliphatic heterocycles. The zero-order valence-electron chi connectivity index (χ0n) is 12.1. The molecule has 0 radical (unpaired) electrons. The van der Waals surface area contributed by atoms with Gasteiger partial charge >= 0.3 is 0 Å². The summed E-state index contributed by atoms with van der Waals surface area (Å²) < 4.78 is 0. The number of hydrogen-bond acceptors (Lipinski definition) is 3. The second-order valence-corrected chi connectivity index (χ2v) is 5.33. The van der Waals surface area contributed by atoms with Crippen molar-refractivity contribution < 1.29 is 9.59 Å². The molecule has 0 saturated heterocycles. The highest BCUT2D eigenvalue weighted by Gasteiger charge is 2.45. The second-order valence-electron chi connectivity index (χ2n) is 5.33. The van der Waals surface area contributed by atoms with E-state index in [4.69, 9.17) is 5.73 Å². The first-order valence-corrected chi connectivity index (χ1v) is 6.99. The van der Waals surface area contributed by atoms with Crippen LogP contribution in [0.25, 0.3) is 0 Å². The lowest BCUT2D eigenvalue weighted by Crippen LogP contribution is -2.42. The van der Waals surface area contributed by atoms with Crippen LogP contribution in [0.1, 0.15) is 38.2 Å². The number of amides is 2. The van der Waals surface area contributed by atoms with Crippen LogP contribution in [0, 0.1) is 0 Å². The minimum atomic E-state index is -0.631. The summed E-state index contributed by atoms with van der Waals surface area (Å²) in [6, 6.07) is 7.45. The van der Waals surface area contributed by atoms with Crippen LogP contribution in [-0.4, -0.2) is 17.4 Å². The zero-order chi connectivity index (χ0) is 14.6. The van der Waals surface area contributed by atoms with Crippen molar-refractivity contribution in [1.29, 1.82) is 0 Å². The zero-order valence-corrected chi connectivity index (χ0v) is 13.0. The summed E-state index contributed by atoms with van der Waals surface area (Å²) in [5.74, 6) is -0.0646. The Kier molecular flexibility index (Phi) is 6.18. The van der Waals surface area contributed by atoms with Crippen molar-refractivity contribution in [2.45, 2.75) is 44.7 Å². The SMILES string of the molecule is CCCC(=O)Nc1ccc(CNC(=O)C2(N)CC2)cc1.Cl. The van der Waals surface area contributed by atoms with Crippen molar-refractivity contribution in [1.82, 2.24) is 5.32 Å². The Morgan fingerprint density at radius 2 is 1.86 bits per heavy atom. The molecule has 4 N–H and O–H groups in total. The number of nitrogens with two attached hydrogens (primary N) is 1. The average Bonchev–Trinajstić information content (AvgIpc) is 3.17. The summed E-state index contributed by atoms with van der Waals surface area (Å²) in [5.41, 5.74) is 6.93. The van der Waals surface area contributed by atoms with E-state index in [0.717, 1.165) is 30.5 Å². The molecule has 1 fully saturated rings. The van der Waals surface area contributed by atoms with Crippen LogP contribution in [0.2, 0.25) is 0 Å². The summed E-state index contributed by atoms with van der Waals surface area (Å²) in [4.78, 5) is 23.1. The molecule has 2 amide bonds. The van der Waals surface area contributed by atoms with Gasteiger partial charge in [0.15, 0.2) is 0 Å². The fraction of sp³-hybridized carbons (Fsp3) is 0.467. The third-order valence-corrected chi connectivity index (χ3v) is 3.41. The Labute approximate surface area is 131 Å². The molecule has 0 atom stereocenters. The highest BCUT2D eigenvalue weighted by molar-refractivity contribution is 5.90. The van der Waals surface area contributed by atoms with Gasteiger partial charge in [0.1, 0.15) is 0 Å². The smallest absolute Gasteiger partial charge is 0.240 e. The molecule has 21 heavy (non-hydrogen) atoms. The molecule has 0 bridgehead atoms. The van der Waals surface area contributed by atoms with Crippen molar-refractivity contribution in [3.63, 3.8) is 0 Å². The summed E-state index contributed by atoms with van der Waals surface area (Å²) in [6.07, 6.45) is 2.88. The largest absolute Gasteiger partial charge is 0.350 e. The molecule has 6 heteroatoms.